The van der Waals surface area contributed by atoms with Crippen molar-refractivity contribution in [2.24, 2.45) is 0 Å². The Hall–Kier alpha value is -8.19. The predicted octanol–water partition coefficient (Wildman–Crippen LogP) is 17.5. The first-order valence-corrected chi connectivity index (χ1v) is 26.3. The first-order valence-electron chi connectivity index (χ1n) is 26.3. The van der Waals surface area contributed by atoms with E-state index in [-0.39, 0.29) is 41.4 Å². The van der Waals surface area contributed by atoms with Crippen molar-refractivity contribution in [3.05, 3.63) is 178 Å². The number of imide groups is 1. The second kappa shape index (κ2) is 14.7. The molecule has 2 aliphatic rings. The van der Waals surface area contributed by atoms with Gasteiger partial charge < -0.3 is 5.11 Å². The van der Waals surface area contributed by atoms with E-state index in [0.717, 1.165) is 98.1 Å². The van der Waals surface area contributed by atoms with Gasteiger partial charge in [0.15, 0.2) is 6.23 Å². The SMILES string of the molecule is CC(C)c1cccc(C(C)C)c1N1C(=O)c2ccc3c4ccc5c6ccc7c8ccc9c%10c(ccc(c%11ccc(c%12ccc(c%13ccc(c2c3%13)C1=O)c4c5%12)c6c7%11)c%108)C(O)N(c1c(C(C)C)cccc1C(C)C)C9=O. The molecule has 1 unspecified atom stereocenters. The molecule has 0 aromatic heterocycles. The number of amides is 3. The molecular weight excluding hydrogens is 909 g/mol. The zero-order valence-electron chi connectivity index (χ0n) is 42.7. The molecule has 358 valence electrons. The molecule has 13 aromatic rings. The van der Waals surface area contributed by atoms with E-state index in [2.05, 4.69) is 146 Å². The topological polar surface area (TPSA) is 77.9 Å². The number of benzene rings is 13. The molecule has 3 amide bonds. The van der Waals surface area contributed by atoms with Gasteiger partial charge in [-0.15, -0.1) is 0 Å². The minimum Gasteiger partial charge on any atom is -0.369 e. The van der Waals surface area contributed by atoms with Crippen LogP contribution in [0.1, 0.15) is 144 Å². The van der Waals surface area contributed by atoms with Gasteiger partial charge >= 0.3 is 0 Å². The third-order valence-corrected chi connectivity index (χ3v) is 17.4. The summed E-state index contributed by atoms with van der Waals surface area (Å²) in [6.45, 7) is 17.0. The highest BCUT2D eigenvalue weighted by Gasteiger charge is 2.40. The van der Waals surface area contributed by atoms with E-state index in [1.54, 1.807) is 4.90 Å². The second-order valence-electron chi connectivity index (χ2n) is 22.5. The Kier molecular flexibility index (Phi) is 8.64. The van der Waals surface area contributed by atoms with Crippen LogP contribution < -0.4 is 9.80 Å². The average molecular weight is 961 g/mol. The summed E-state index contributed by atoms with van der Waals surface area (Å²) < 4.78 is 0. The van der Waals surface area contributed by atoms with Crippen LogP contribution in [-0.4, -0.2) is 22.8 Å². The molecule has 74 heavy (non-hydrogen) atoms. The van der Waals surface area contributed by atoms with E-state index in [0.29, 0.717) is 22.4 Å². The van der Waals surface area contributed by atoms with Gasteiger partial charge in [-0.2, -0.15) is 0 Å². The number of carbonyl (C=O) groups excluding carboxylic acids is 3. The number of para-hydroxylation sites is 2. The van der Waals surface area contributed by atoms with E-state index >= 15 is 0 Å². The number of rotatable bonds is 6. The first-order chi connectivity index (χ1) is 35.8. The molecule has 2 heterocycles. The predicted molar refractivity (Wildman–Crippen MR) is 307 cm³/mol. The minimum absolute atomic E-state index is 0.112. The van der Waals surface area contributed by atoms with Crippen molar-refractivity contribution in [2.75, 3.05) is 9.80 Å². The Morgan fingerprint density at radius 2 is 0.595 bits per heavy atom. The zero-order valence-corrected chi connectivity index (χ0v) is 42.7. The Labute approximate surface area is 427 Å². The first kappa shape index (κ1) is 43.4. The Morgan fingerprint density at radius 3 is 0.932 bits per heavy atom. The lowest BCUT2D eigenvalue weighted by Gasteiger charge is -2.37. The number of carbonyl (C=O) groups is 3. The third-order valence-electron chi connectivity index (χ3n) is 17.4. The largest absolute Gasteiger partial charge is 0.369 e. The fourth-order valence-electron chi connectivity index (χ4n) is 14.2. The summed E-state index contributed by atoms with van der Waals surface area (Å²) in [6, 6.07) is 46.9. The van der Waals surface area contributed by atoms with Gasteiger partial charge in [0.2, 0.25) is 0 Å². The van der Waals surface area contributed by atoms with Crippen LogP contribution in [0.3, 0.4) is 0 Å². The van der Waals surface area contributed by atoms with Crippen LogP contribution in [0.25, 0.3) is 108 Å². The van der Waals surface area contributed by atoms with Crippen LogP contribution in [0.15, 0.2) is 133 Å². The Balaban J connectivity index is 0.940. The number of aliphatic hydroxyl groups is 1. The number of fused-ring (bicyclic) bond motifs is 6. The van der Waals surface area contributed by atoms with Crippen molar-refractivity contribution < 1.29 is 19.5 Å². The number of hydrogen-bond donors (Lipinski definition) is 1. The summed E-state index contributed by atoms with van der Waals surface area (Å²) in [5.41, 5.74) is 8.05. The molecule has 2 aliphatic heterocycles. The molecule has 1 atom stereocenters. The molecule has 15 rings (SSSR count). The normalized spacial score (nSPS) is 15.5. The fourth-order valence-corrected chi connectivity index (χ4v) is 14.2. The summed E-state index contributed by atoms with van der Waals surface area (Å²) in [6.07, 6.45) is -1.15. The summed E-state index contributed by atoms with van der Waals surface area (Å²) in [5, 5.41) is 34.0. The van der Waals surface area contributed by atoms with Gasteiger partial charge in [-0.05, 0) is 161 Å². The quantitative estimate of drug-likeness (QED) is 0.102. The van der Waals surface area contributed by atoms with Gasteiger partial charge in [0.1, 0.15) is 0 Å². The number of nitrogens with zero attached hydrogens (tertiary/aromatic N) is 2. The van der Waals surface area contributed by atoms with E-state index in [1.807, 2.05) is 42.5 Å². The molecule has 13 aromatic carbocycles. The maximum atomic E-state index is 15.0. The molecule has 0 radical (unpaired) electrons. The minimum atomic E-state index is -1.15. The van der Waals surface area contributed by atoms with Gasteiger partial charge in [0.05, 0.1) is 11.4 Å². The van der Waals surface area contributed by atoms with Crippen molar-refractivity contribution in [1.82, 2.24) is 0 Å². The Morgan fingerprint density at radius 1 is 0.324 bits per heavy atom. The highest BCUT2D eigenvalue weighted by Crippen LogP contribution is 2.54. The molecule has 0 saturated carbocycles. The van der Waals surface area contributed by atoms with Gasteiger partial charge in [-0.1, -0.05) is 171 Å². The van der Waals surface area contributed by atoms with Crippen LogP contribution in [0.4, 0.5) is 11.4 Å². The number of aliphatic hydroxyl groups excluding tert-OH is 1. The van der Waals surface area contributed by atoms with E-state index < -0.39 is 6.23 Å². The fraction of sp³-hybridized carbons (Fsp3) is 0.191. The molecule has 6 nitrogen and oxygen atoms in total. The standard InChI is InChI=1S/C68H52N2O4/c1-31(2)35-11-9-12-36(32(3)4)63(35)69-65(71)51-27-23-47-43-19-15-39-41-17-21-45-49-25-29-53-62-54(68(74)70(67(53)73)64-37(33(5)6)13-10-14-38(64)34(7)8)30-26-50(60(49)62)46-22-18-42(56(41)58(45)46)40-16-20-44(57(43)55(39)40)48-24-28-52(66(69)72)61(51)59(47)48/h9-34,65,71H,1-8H3. The van der Waals surface area contributed by atoms with Crippen LogP contribution in [0.5, 0.6) is 0 Å². The van der Waals surface area contributed by atoms with Gasteiger partial charge in [0, 0.05) is 33.0 Å². The molecule has 1 N–H and O–H groups in total. The monoisotopic (exact) mass is 960 g/mol. The van der Waals surface area contributed by atoms with Crippen LogP contribution in [-0.2, 0) is 0 Å². The van der Waals surface area contributed by atoms with Gasteiger partial charge in [-0.25, -0.2) is 4.90 Å². The van der Waals surface area contributed by atoms with Crippen LogP contribution in [0, 0.1) is 0 Å². The summed E-state index contributed by atoms with van der Waals surface area (Å²) >= 11 is 0. The lowest BCUT2D eigenvalue weighted by Crippen LogP contribution is -2.41. The molecule has 6 heteroatoms. The molecule has 0 fully saturated rings. The highest BCUT2D eigenvalue weighted by molar-refractivity contribution is 6.48. The molecule has 0 saturated heterocycles. The Bertz CT molecular complexity index is 4490. The maximum Gasteiger partial charge on any atom is 0.266 e. The van der Waals surface area contributed by atoms with Crippen molar-refractivity contribution in [3.63, 3.8) is 0 Å². The smallest absolute Gasteiger partial charge is 0.266 e. The van der Waals surface area contributed by atoms with Crippen molar-refractivity contribution in [1.29, 1.82) is 0 Å². The highest BCUT2D eigenvalue weighted by atomic mass is 16.3. The van der Waals surface area contributed by atoms with E-state index in [4.69, 9.17) is 0 Å². The summed E-state index contributed by atoms with van der Waals surface area (Å²) in [4.78, 5) is 48.0. The summed E-state index contributed by atoms with van der Waals surface area (Å²) in [5.74, 6) is -0.219. The molecular formula is C68H52N2O4. The van der Waals surface area contributed by atoms with Crippen molar-refractivity contribution >= 4 is 137 Å². The maximum absolute atomic E-state index is 15.0. The molecule has 0 aliphatic carbocycles. The third kappa shape index (κ3) is 5.21. The lowest BCUT2D eigenvalue weighted by molar-refractivity contribution is 0.0870. The summed E-state index contributed by atoms with van der Waals surface area (Å²) in [7, 11) is 0. The van der Waals surface area contributed by atoms with Gasteiger partial charge in [-0.3, -0.25) is 19.3 Å². The average Bonchev–Trinajstić information content (AvgIpc) is 3.40. The van der Waals surface area contributed by atoms with E-state index in [1.165, 1.54) is 48.0 Å². The van der Waals surface area contributed by atoms with Gasteiger partial charge in [0.25, 0.3) is 17.7 Å². The van der Waals surface area contributed by atoms with Crippen LogP contribution >= 0.6 is 0 Å². The molecule has 0 bridgehead atoms. The number of hydrogen-bond acceptors (Lipinski definition) is 4. The lowest BCUT2D eigenvalue weighted by atomic mass is 9.80. The number of anilines is 2. The molecule has 0 spiro atoms. The van der Waals surface area contributed by atoms with E-state index in [9.17, 15) is 19.5 Å². The van der Waals surface area contributed by atoms with Crippen LogP contribution in [0.2, 0.25) is 0 Å². The second-order valence-corrected chi connectivity index (χ2v) is 22.5. The zero-order chi connectivity index (χ0) is 50.7. The van der Waals surface area contributed by atoms with Crippen molar-refractivity contribution in [3.8, 4) is 0 Å². The van der Waals surface area contributed by atoms with Crippen molar-refractivity contribution in [2.45, 2.75) is 85.3 Å².